The predicted molar refractivity (Wildman–Crippen MR) is 105 cm³/mol. The van der Waals surface area contributed by atoms with E-state index < -0.39 is 21.5 Å². The van der Waals surface area contributed by atoms with Crippen molar-refractivity contribution in [2.45, 2.75) is 4.90 Å². The first-order valence-corrected chi connectivity index (χ1v) is 11.3. The number of thiazole rings is 1. The van der Waals surface area contributed by atoms with Gasteiger partial charge >= 0.3 is 0 Å². The Balaban J connectivity index is 1.68. The van der Waals surface area contributed by atoms with Crippen LogP contribution in [0.2, 0.25) is 5.02 Å². The van der Waals surface area contributed by atoms with E-state index in [9.17, 15) is 13.2 Å². The third-order valence-corrected chi connectivity index (χ3v) is 7.36. The van der Waals surface area contributed by atoms with Crippen LogP contribution < -0.4 is 5.32 Å². The second-order valence-corrected chi connectivity index (χ2v) is 10.6. The molecular weight excluding hydrogens is 468 g/mol. The topological polar surface area (TPSA) is 76.1 Å². The molecule has 2 heterocycles. The molecule has 130 valence electrons. The highest BCUT2D eigenvalue weighted by Crippen LogP contribution is 2.33. The Bertz CT molecular complexity index is 1010. The number of sulfone groups is 1. The summed E-state index contributed by atoms with van der Waals surface area (Å²) in [5.74, 6) is -1.29. The Morgan fingerprint density at radius 3 is 2.56 bits per heavy atom. The monoisotopic (exact) mass is 476 g/mol. The van der Waals surface area contributed by atoms with Crippen LogP contribution in [0.15, 0.2) is 50.5 Å². The number of aromatic nitrogens is 1. The summed E-state index contributed by atoms with van der Waals surface area (Å²) in [5, 5.41) is 5.13. The summed E-state index contributed by atoms with van der Waals surface area (Å²) >= 11 is 11.9. The maximum absolute atomic E-state index is 12.2. The summed E-state index contributed by atoms with van der Waals surface area (Å²) in [6, 6.07) is 9.52. The SMILES string of the molecule is O=C(CS(=O)(=O)c1ccc(Cl)cc1)Nc1nc(-c2ccc(Br)s2)cs1. The molecule has 0 aliphatic heterocycles. The van der Waals surface area contributed by atoms with Crippen LogP contribution >= 0.6 is 50.2 Å². The molecule has 0 saturated carbocycles. The van der Waals surface area contributed by atoms with Gasteiger partial charge in [-0.25, -0.2) is 13.4 Å². The molecule has 0 radical (unpaired) electrons. The first kappa shape index (κ1) is 18.5. The van der Waals surface area contributed by atoms with Crippen LogP contribution in [0.4, 0.5) is 5.13 Å². The van der Waals surface area contributed by atoms with E-state index in [0.29, 0.717) is 10.2 Å². The number of carbonyl (C=O) groups excluding carboxylic acids is 1. The quantitative estimate of drug-likeness (QED) is 0.578. The molecule has 5 nitrogen and oxygen atoms in total. The van der Waals surface area contributed by atoms with Gasteiger partial charge < -0.3 is 5.32 Å². The van der Waals surface area contributed by atoms with Gasteiger partial charge in [-0.2, -0.15) is 0 Å². The third-order valence-electron chi connectivity index (χ3n) is 3.07. The van der Waals surface area contributed by atoms with Crippen LogP contribution in [-0.2, 0) is 14.6 Å². The Hall–Kier alpha value is -1.26. The minimum atomic E-state index is -3.74. The minimum Gasteiger partial charge on any atom is -0.301 e. The van der Waals surface area contributed by atoms with Gasteiger partial charge in [0, 0.05) is 10.4 Å². The fourth-order valence-corrected chi connectivity index (χ4v) is 5.36. The fourth-order valence-electron chi connectivity index (χ4n) is 1.95. The van der Waals surface area contributed by atoms with E-state index in [1.54, 1.807) is 0 Å². The molecule has 0 atom stereocenters. The van der Waals surface area contributed by atoms with Gasteiger partial charge in [0.25, 0.3) is 0 Å². The predicted octanol–water partition coefficient (Wildman–Crippen LogP) is 4.70. The van der Waals surface area contributed by atoms with Crippen molar-refractivity contribution in [3.8, 4) is 10.6 Å². The van der Waals surface area contributed by atoms with Crippen molar-refractivity contribution in [1.29, 1.82) is 0 Å². The Labute approximate surface area is 165 Å². The van der Waals surface area contributed by atoms with Crippen LogP contribution in [-0.4, -0.2) is 25.1 Å². The van der Waals surface area contributed by atoms with Crippen molar-refractivity contribution in [3.05, 3.63) is 50.6 Å². The number of nitrogens with zero attached hydrogens (tertiary/aromatic N) is 1. The summed E-state index contributed by atoms with van der Waals surface area (Å²) in [5.41, 5.74) is 0.733. The summed E-state index contributed by atoms with van der Waals surface area (Å²) in [7, 11) is -3.74. The lowest BCUT2D eigenvalue weighted by molar-refractivity contribution is -0.113. The first-order valence-electron chi connectivity index (χ1n) is 6.83. The molecule has 0 aliphatic rings. The van der Waals surface area contributed by atoms with E-state index in [2.05, 4.69) is 26.2 Å². The first-order chi connectivity index (χ1) is 11.8. The van der Waals surface area contributed by atoms with E-state index >= 15 is 0 Å². The molecular formula is C15H10BrClN2O3S3. The highest BCUT2D eigenvalue weighted by Gasteiger charge is 2.20. The molecule has 0 fully saturated rings. The van der Waals surface area contributed by atoms with Gasteiger partial charge in [0.15, 0.2) is 15.0 Å². The molecule has 25 heavy (non-hydrogen) atoms. The molecule has 10 heteroatoms. The lowest BCUT2D eigenvalue weighted by Gasteiger charge is -2.04. The number of hydrogen-bond donors (Lipinski definition) is 1. The Kier molecular flexibility index (Phi) is 5.59. The summed E-state index contributed by atoms with van der Waals surface area (Å²) < 4.78 is 25.5. The van der Waals surface area contributed by atoms with Crippen LogP contribution in [0, 0.1) is 0 Å². The third kappa shape index (κ3) is 4.68. The van der Waals surface area contributed by atoms with Crippen LogP contribution in [0.25, 0.3) is 10.6 Å². The van der Waals surface area contributed by atoms with E-state index in [4.69, 9.17) is 11.6 Å². The molecule has 0 aliphatic carbocycles. The number of amides is 1. The van der Waals surface area contributed by atoms with Gasteiger partial charge in [-0.3, -0.25) is 4.79 Å². The highest BCUT2D eigenvalue weighted by molar-refractivity contribution is 9.11. The largest absolute Gasteiger partial charge is 0.301 e. The maximum Gasteiger partial charge on any atom is 0.241 e. The molecule has 0 unspecified atom stereocenters. The molecule has 1 aromatic carbocycles. The number of halogens is 2. The summed E-state index contributed by atoms with van der Waals surface area (Å²) in [4.78, 5) is 17.4. The highest BCUT2D eigenvalue weighted by atomic mass is 79.9. The van der Waals surface area contributed by atoms with E-state index in [1.165, 1.54) is 46.9 Å². The number of thiophene rings is 1. The average Bonchev–Trinajstić information content (AvgIpc) is 3.16. The van der Waals surface area contributed by atoms with Crippen molar-refractivity contribution < 1.29 is 13.2 Å². The van der Waals surface area contributed by atoms with Crippen molar-refractivity contribution in [2.75, 3.05) is 11.1 Å². The fraction of sp³-hybridized carbons (Fsp3) is 0.0667. The zero-order chi connectivity index (χ0) is 18.0. The number of rotatable bonds is 5. The van der Waals surface area contributed by atoms with E-state index in [1.807, 2.05) is 17.5 Å². The Morgan fingerprint density at radius 1 is 1.20 bits per heavy atom. The summed E-state index contributed by atoms with van der Waals surface area (Å²) in [6.45, 7) is 0. The Morgan fingerprint density at radius 2 is 1.92 bits per heavy atom. The number of anilines is 1. The van der Waals surface area contributed by atoms with Gasteiger partial charge in [-0.05, 0) is 52.3 Å². The lowest BCUT2D eigenvalue weighted by atomic mass is 10.4. The molecule has 0 bridgehead atoms. The number of benzene rings is 1. The maximum atomic E-state index is 12.2. The normalized spacial score (nSPS) is 11.4. The van der Waals surface area contributed by atoms with Crippen LogP contribution in [0.5, 0.6) is 0 Å². The van der Waals surface area contributed by atoms with Crippen LogP contribution in [0.3, 0.4) is 0 Å². The molecule has 1 N–H and O–H groups in total. The lowest BCUT2D eigenvalue weighted by Crippen LogP contribution is -2.22. The van der Waals surface area contributed by atoms with Crippen LogP contribution in [0.1, 0.15) is 0 Å². The van der Waals surface area contributed by atoms with Crippen molar-refractivity contribution in [2.24, 2.45) is 0 Å². The molecule has 0 saturated heterocycles. The van der Waals surface area contributed by atoms with Gasteiger partial charge in [0.05, 0.1) is 19.3 Å². The molecule has 1 amide bonds. The van der Waals surface area contributed by atoms with Crippen molar-refractivity contribution in [3.63, 3.8) is 0 Å². The van der Waals surface area contributed by atoms with Gasteiger partial charge in [-0.15, -0.1) is 22.7 Å². The number of nitrogens with one attached hydrogen (secondary N) is 1. The molecule has 2 aromatic heterocycles. The molecule has 0 spiro atoms. The average molecular weight is 478 g/mol. The second kappa shape index (κ2) is 7.55. The molecule has 3 aromatic rings. The summed E-state index contributed by atoms with van der Waals surface area (Å²) in [6.07, 6.45) is 0. The van der Waals surface area contributed by atoms with Gasteiger partial charge in [-0.1, -0.05) is 11.6 Å². The van der Waals surface area contributed by atoms with E-state index in [0.717, 1.165) is 14.4 Å². The van der Waals surface area contributed by atoms with E-state index in [-0.39, 0.29) is 4.90 Å². The zero-order valence-electron chi connectivity index (χ0n) is 12.4. The smallest absolute Gasteiger partial charge is 0.241 e. The van der Waals surface area contributed by atoms with Gasteiger partial charge in [0.1, 0.15) is 5.75 Å². The standard InChI is InChI=1S/C15H10BrClN2O3S3/c16-13-6-5-12(24-13)11-7-23-15(18-11)19-14(20)8-25(21,22)10-3-1-9(17)2-4-10/h1-7H,8H2,(H,18,19,20). The zero-order valence-corrected chi connectivity index (χ0v) is 17.2. The van der Waals surface area contributed by atoms with Crippen molar-refractivity contribution in [1.82, 2.24) is 4.98 Å². The minimum absolute atomic E-state index is 0.0512. The number of carbonyl (C=O) groups is 1. The molecule has 3 rings (SSSR count). The van der Waals surface area contributed by atoms with Gasteiger partial charge in [0.2, 0.25) is 5.91 Å². The number of hydrogen-bond acceptors (Lipinski definition) is 6. The van der Waals surface area contributed by atoms with Crippen molar-refractivity contribution >= 4 is 71.1 Å². The second-order valence-electron chi connectivity index (χ2n) is 4.90.